The number of hydrogen-bond donors (Lipinski definition) is 1. The predicted octanol–water partition coefficient (Wildman–Crippen LogP) is 5.00. The number of para-hydroxylation sites is 1. The first-order valence-corrected chi connectivity index (χ1v) is 14.0. The van der Waals surface area contributed by atoms with Gasteiger partial charge in [0.2, 0.25) is 0 Å². The van der Waals surface area contributed by atoms with Crippen LogP contribution in [0.15, 0.2) is 96.4 Å². The van der Waals surface area contributed by atoms with E-state index in [0.717, 1.165) is 11.1 Å². The maximum Gasteiger partial charge on any atom is 0.329 e. The number of rotatable bonds is 9. The lowest BCUT2D eigenvalue weighted by molar-refractivity contribution is -0.142. The van der Waals surface area contributed by atoms with Crippen molar-refractivity contribution >= 4 is 38.5 Å². The number of fused-ring (bicyclic) bond motifs is 1. The highest BCUT2D eigenvalue weighted by atomic mass is 32.2. The van der Waals surface area contributed by atoms with Gasteiger partial charge >= 0.3 is 5.97 Å². The molecule has 0 aliphatic carbocycles. The minimum Gasteiger partial charge on any atom is -0.465 e. The number of esters is 1. The van der Waals surface area contributed by atoms with Crippen molar-refractivity contribution in [1.29, 1.82) is 0 Å². The molecule has 1 N–H and O–H groups in total. The summed E-state index contributed by atoms with van der Waals surface area (Å²) < 4.78 is 34.7. The monoisotopic (exact) mass is 541 g/mol. The predicted molar refractivity (Wildman–Crippen MR) is 148 cm³/mol. The molecular weight excluding hydrogens is 514 g/mol. The molecule has 9 nitrogen and oxygen atoms in total. The van der Waals surface area contributed by atoms with Gasteiger partial charge in [-0.25, -0.2) is 23.4 Å². The summed E-state index contributed by atoms with van der Waals surface area (Å²) in [5.74, 6) is -0.461. The first kappa shape index (κ1) is 26.1. The topological polar surface area (TPSA) is 116 Å². The molecule has 5 rings (SSSR count). The van der Waals surface area contributed by atoms with Crippen LogP contribution in [0.25, 0.3) is 11.2 Å². The Morgan fingerprint density at radius 2 is 1.67 bits per heavy atom. The molecule has 1 atom stereocenters. The molecule has 0 saturated heterocycles. The second-order valence-corrected chi connectivity index (χ2v) is 10.9. The maximum absolute atomic E-state index is 13.8. The van der Waals surface area contributed by atoms with E-state index >= 15 is 0 Å². The molecule has 3 aromatic carbocycles. The van der Waals surface area contributed by atoms with E-state index in [1.165, 1.54) is 18.5 Å². The number of ether oxygens (including phenoxy) is 1. The molecule has 198 valence electrons. The lowest BCUT2D eigenvalue weighted by Gasteiger charge is -2.21. The fraction of sp³-hybridized carbons (Fsp3) is 0.172. The average Bonchev–Trinajstić information content (AvgIpc) is 3.35. The number of sulfone groups is 1. The smallest absolute Gasteiger partial charge is 0.329 e. The van der Waals surface area contributed by atoms with Gasteiger partial charge in [-0.05, 0) is 37.1 Å². The number of imidazole rings is 1. The molecule has 0 aliphatic heterocycles. The summed E-state index contributed by atoms with van der Waals surface area (Å²) in [6, 6.07) is 23.0. The zero-order valence-corrected chi connectivity index (χ0v) is 22.3. The standard InChI is InChI=1S/C29H27N5O4S/c1-3-38-29(35)26(39(36,37)22-14-8-5-9-15-22)23-16-10-11-20(2)24(23)33-27-25-28(31-18-30-27)34(19-32-25)17-21-12-6-4-7-13-21/h4-16,18-19,26H,3,17H2,1-2H3,(H,30,31,33). The summed E-state index contributed by atoms with van der Waals surface area (Å²) in [5, 5.41) is 1.68. The van der Waals surface area contributed by atoms with Crippen LogP contribution in [0.2, 0.25) is 0 Å². The van der Waals surface area contributed by atoms with E-state index < -0.39 is 21.1 Å². The third kappa shape index (κ3) is 5.23. The third-order valence-electron chi connectivity index (χ3n) is 6.31. The Morgan fingerprint density at radius 1 is 0.949 bits per heavy atom. The SMILES string of the molecule is CCOC(=O)C(c1cccc(C)c1Nc1ncnc2c1ncn2Cc1ccccc1)S(=O)(=O)c1ccccc1. The zero-order chi connectivity index (χ0) is 27.4. The summed E-state index contributed by atoms with van der Waals surface area (Å²) in [6.07, 6.45) is 3.12. The van der Waals surface area contributed by atoms with E-state index in [-0.39, 0.29) is 17.1 Å². The van der Waals surface area contributed by atoms with Crippen molar-refractivity contribution in [3.05, 3.63) is 108 Å². The first-order chi connectivity index (χ1) is 18.9. The van der Waals surface area contributed by atoms with Crippen molar-refractivity contribution in [2.24, 2.45) is 0 Å². The van der Waals surface area contributed by atoms with Gasteiger partial charge in [-0.1, -0.05) is 66.7 Å². The Kier molecular flexibility index (Phi) is 7.38. The van der Waals surface area contributed by atoms with Crippen LogP contribution in [-0.4, -0.2) is 40.5 Å². The lowest BCUT2D eigenvalue weighted by Crippen LogP contribution is -2.26. The van der Waals surface area contributed by atoms with Crippen LogP contribution in [0.3, 0.4) is 0 Å². The van der Waals surface area contributed by atoms with Gasteiger partial charge in [0.1, 0.15) is 6.33 Å². The largest absolute Gasteiger partial charge is 0.465 e. The Bertz CT molecular complexity index is 1720. The highest BCUT2D eigenvalue weighted by Crippen LogP contribution is 2.38. The van der Waals surface area contributed by atoms with Crippen molar-refractivity contribution in [3.8, 4) is 0 Å². The molecule has 10 heteroatoms. The van der Waals surface area contributed by atoms with Gasteiger partial charge in [-0.2, -0.15) is 0 Å². The number of nitrogens with zero attached hydrogens (tertiary/aromatic N) is 4. The number of benzene rings is 3. The van der Waals surface area contributed by atoms with Crippen molar-refractivity contribution in [2.75, 3.05) is 11.9 Å². The van der Waals surface area contributed by atoms with Crippen LogP contribution in [0.4, 0.5) is 11.5 Å². The number of anilines is 2. The number of carbonyl (C=O) groups excluding carboxylic acids is 1. The number of carbonyl (C=O) groups is 1. The van der Waals surface area contributed by atoms with Gasteiger partial charge in [-0.3, -0.25) is 4.79 Å². The second-order valence-electron chi connectivity index (χ2n) is 8.91. The van der Waals surface area contributed by atoms with Crippen molar-refractivity contribution in [3.63, 3.8) is 0 Å². The van der Waals surface area contributed by atoms with Gasteiger partial charge in [0, 0.05) is 11.3 Å². The van der Waals surface area contributed by atoms with E-state index in [2.05, 4.69) is 20.3 Å². The molecular formula is C29H27N5O4S. The molecule has 0 radical (unpaired) electrons. The molecule has 0 saturated carbocycles. The van der Waals surface area contributed by atoms with Gasteiger partial charge in [0.05, 0.1) is 24.4 Å². The zero-order valence-electron chi connectivity index (χ0n) is 21.5. The van der Waals surface area contributed by atoms with E-state index in [0.29, 0.717) is 29.2 Å². The Morgan fingerprint density at radius 3 is 2.38 bits per heavy atom. The molecule has 39 heavy (non-hydrogen) atoms. The van der Waals surface area contributed by atoms with Crippen molar-refractivity contribution < 1.29 is 17.9 Å². The van der Waals surface area contributed by atoms with Crippen LogP contribution in [0.1, 0.15) is 28.9 Å². The van der Waals surface area contributed by atoms with Crippen LogP contribution in [0, 0.1) is 6.92 Å². The van der Waals surface area contributed by atoms with Crippen LogP contribution in [0.5, 0.6) is 0 Å². The molecule has 0 amide bonds. The maximum atomic E-state index is 13.8. The summed E-state index contributed by atoms with van der Waals surface area (Å²) >= 11 is 0. The molecule has 0 spiro atoms. The van der Waals surface area contributed by atoms with E-state index in [1.807, 2.05) is 47.9 Å². The Balaban J connectivity index is 1.59. The number of hydrogen-bond acceptors (Lipinski definition) is 8. The van der Waals surface area contributed by atoms with Gasteiger partial charge in [-0.15, -0.1) is 0 Å². The molecule has 0 aliphatic rings. The summed E-state index contributed by atoms with van der Waals surface area (Å²) in [4.78, 5) is 26.6. The highest BCUT2D eigenvalue weighted by molar-refractivity contribution is 7.92. The highest BCUT2D eigenvalue weighted by Gasteiger charge is 2.39. The number of aromatic nitrogens is 4. The molecule has 2 heterocycles. The molecule has 5 aromatic rings. The summed E-state index contributed by atoms with van der Waals surface area (Å²) in [5.41, 5.74) is 3.64. The van der Waals surface area contributed by atoms with E-state index in [4.69, 9.17) is 4.74 Å². The average molecular weight is 542 g/mol. The summed E-state index contributed by atoms with van der Waals surface area (Å²) in [6.45, 7) is 4.09. The molecule has 0 fully saturated rings. The number of nitrogens with one attached hydrogen (secondary N) is 1. The fourth-order valence-corrected chi connectivity index (χ4v) is 6.11. The van der Waals surface area contributed by atoms with Gasteiger partial charge in [0.25, 0.3) is 0 Å². The molecule has 1 unspecified atom stereocenters. The van der Waals surface area contributed by atoms with Gasteiger partial charge < -0.3 is 14.6 Å². The molecule has 2 aromatic heterocycles. The lowest BCUT2D eigenvalue weighted by atomic mass is 10.0. The quantitative estimate of drug-likeness (QED) is 0.259. The van der Waals surface area contributed by atoms with Crippen molar-refractivity contribution in [2.45, 2.75) is 30.5 Å². The first-order valence-electron chi connectivity index (χ1n) is 12.4. The minimum atomic E-state index is -4.15. The normalized spacial score (nSPS) is 12.3. The van der Waals surface area contributed by atoms with Gasteiger partial charge in [0.15, 0.2) is 32.1 Å². The van der Waals surface area contributed by atoms with Crippen LogP contribution < -0.4 is 5.32 Å². The van der Waals surface area contributed by atoms with E-state index in [9.17, 15) is 13.2 Å². The van der Waals surface area contributed by atoms with Crippen molar-refractivity contribution in [1.82, 2.24) is 19.5 Å². The van der Waals surface area contributed by atoms with Crippen LogP contribution in [-0.2, 0) is 25.9 Å². The van der Waals surface area contributed by atoms with Crippen LogP contribution >= 0.6 is 0 Å². The fourth-order valence-electron chi connectivity index (χ4n) is 4.45. The Labute approximate surface area is 226 Å². The minimum absolute atomic E-state index is 0.0274. The third-order valence-corrected chi connectivity index (χ3v) is 8.31. The van der Waals surface area contributed by atoms with E-state index in [1.54, 1.807) is 43.6 Å². The number of aryl methyl sites for hydroxylation is 1. The molecule has 0 bridgehead atoms. The second kappa shape index (κ2) is 11.0. The Hall–Kier alpha value is -4.57. The summed E-state index contributed by atoms with van der Waals surface area (Å²) in [7, 11) is -4.15.